The molecule has 0 unspecified atom stereocenters. The number of methoxy groups -OCH3 is 1. The maximum Gasteiger partial charge on any atom is 0.283 e. The summed E-state index contributed by atoms with van der Waals surface area (Å²) >= 11 is 7.04. The van der Waals surface area contributed by atoms with Crippen LogP contribution in [-0.4, -0.2) is 53.3 Å². The Hall–Kier alpha value is -2.89. The molecule has 0 saturated heterocycles. The highest BCUT2D eigenvalue weighted by Crippen LogP contribution is 2.32. The molecule has 0 bridgehead atoms. The molecule has 1 aromatic heterocycles. The number of sulfone groups is 1. The van der Waals surface area contributed by atoms with Gasteiger partial charge in [0, 0.05) is 23.3 Å². The maximum absolute atomic E-state index is 12.6. The van der Waals surface area contributed by atoms with Crippen LogP contribution in [0.5, 0.6) is 5.75 Å². The monoisotopic (exact) mass is 491 g/mol. The largest absolute Gasteiger partial charge is 0.495 e. The van der Waals surface area contributed by atoms with Crippen LogP contribution in [0.1, 0.15) is 17.0 Å². The molecule has 3 heterocycles. The van der Waals surface area contributed by atoms with Crippen LogP contribution in [-0.2, 0) is 14.6 Å². The van der Waals surface area contributed by atoms with Gasteiger partial charge in [-0.05, 0) is 49.8 Å². The van der Waals surface area contributed by atoms with E-state index in [2.05, 4.69) is 9.39 Å². The Morgan fingerprint density at radius 1 is 1.25 bits per heavy atom. The van der Waals surface area contributed by atoms with Crippen LogP contribution in [0.15, 0.2) is 39.2 Å². The predicted molar refractivity (Wildman–Crippen MR) is 127 cm³/mol. The quantitative estimate of drug-likeness (QED) is 0.519. The fraction of sp³-hybridized carbons (Fsp3) is 0.200. The highest BCUT2D eigenvalue weighted by atomic mass is 35.5. The summed E-state index contributed by atoms with van der Waals surface area (Å²) in [5, 5.41) is 8.69. The number of fused-ring (bicyclic) bond motifs is 1. The third kappa shape index (κ3) is 3.65. The van der Waals surface area contributed by atoms with Gasteiger partial charge in [0.1, 0.15) is 11.6 Å². The lowest BCUT2D eigenvalue weighted by molar-refractivity contribution is -0.114. The summed E-state index contributed by atoms with van der Waals surface area (Å²) in [5.41, 5.74) is 3.15. The van der Waals surface area contributed by atoms with Crippen LogP contribution in [0.3, 0.4) is 0 Å². The summed E-state index contributed by atoms with van der Waals surface area (Å²) < 4.78 is 35.1. The van der Waals surface area contributed by atoms with Crippen molar-refractivity contribution < 1.29 is 17.9 Å². The van der Waals surface area contributed by atoms with Gasteiger partial charge in [0.25, 0.3) is 5.91 Å². The number of hydrogen-bond donors (Lipinski definition) is 1. The molecule has 2 aliphatic heterocycles. The molecule has 12 heteroatoms. The SMILES string of the molecule is COc1ccc(-n2c(C)cc(/C=C3/C(=N)N4C(=NC3=O)SN=C4S(C)(=O)=O)c2C)cc1Cl. The average Bonchev–Trinajstić information content (AvgIpc) is 3.26. The van der Waals surface area contributed by atoms with Crippen molar-refractivity contribution in [2.75, 3.05) is 13.4 Å². The molecule has 0 fully saturated rings. The van der Waals surface area contributed by atoms with Crippen LogP contribution < -0.4 is 4.74 Å². The standard InChI is InChI=1S/C20H18ClN5O4S2/c1-10-7-12(11(2)25(10)13-5-6-16(30-3)15(21)9-13)8-14-17(22)26-19(23-18(14)27)31-24-20(26)32(4,28)29/h5-9,22H,1-4H3/b14-8-,22-17?. The Morgan fingerprint density at radius 2 is 1.97 bits per heavy atom. The van der Waals surface area contributed by atoms with Crippen molar-refractivity contribution >= 4 is 61.5 Å². The van der Waals surface area contributed by atoms with Crippen molar-refractivity contribution in [2.24, 2.45) is 9.39 Å². The number of halogens is 1. The van der Waals surface area contributed by atoms with E-state index < -0.39 is 15.7 Å². The summed E-state index contributed by atoms with van der Waals surface area (Å²) in [6, 6.07) is 7.27. The van der Waals surface area contributed by atoms with E-state index in [4.69, 9.17) is 21.7 Å². The van der Waals surface area contributed by atoms with Gasteiger partial charge in [0.2, 0.25) is 20.2 Å². The minimum atomic E-state index is -3.71. The van der Waals surface area contributed by atoms with Crippen LogP contribution in [0.2, 0.25) is 5.02 Å². The zero-order chi connectivity index (χ0) is 23.4. The Morgan fingerprint density at radius 3 is 2.59 bits per heavy atom. The zero-order valence-electron chi connectivity index (χ0n) is 17.5. The lowest BCUT2D eigenvalue weighted by atomic mass is 10.1. The molecule has 1 amide bonds. The van der Waals surface area contributed by atoms with Gasteiger partial charge < -0.3 is 9.30 Å². The third-order valence-corrected chi connectivity index (χ3v) is 7.04. The fourth-order valence-electron chi connectivity index (χ4n) is 3.52. The number of nitrogens with zero attached hydrogens (tertiary/aromatic N) is 4. The number of amidine groups is 3. The topological polar surface area (TPSA) is 117 Å². The number of rotatable bonds is 3. The molecule has 9 nitrogen and oxygen atoms in total. The number of benzene rings is 1. The number of aryl methyl sites for hydroxylation is 1. The molecule has 0 saturated carbocycles. The highest BCUT2D eigenvalue weighted by Gasteiger charge is 2.41. The summed E-state index contributed by atoms with van der Waals surface area (Å²) in [6.45, 7) is 3.78. The second kappa shape index (κ2) is 7.91. The number of amides is 1. The van der Waals surface area contributed by atoms with Crippen molar-refractivity contribution in [3.05, 3.63) is 51.8 Å². The fourth-order valence-corrected chi connectivity index (χ4v) is 5.62. The van der Waals surface area contributed by atoms with E-state index >= 15 is 0 Å². The summed E-state index contributed by atoms with van der Waals surface area (Å²) in [5.74, 6) is -0.357. The number of carbonyl (C=O) groups is 1. The van der Waals surface area contributed by atoms with Gasteiger partial charge in [-0.1, -0.05) is 11.6 Å². The molecular formula is C20H18ClN5O4S2. The molecule has 0 atom stereocenters. The lowest BCUT2D eigenvalue weighted by Crippen LogP contribution is -2.45. The van der Waals surface area contributed by atoms with Gasteiger partial charge in [-0.3, -0.25) is 10.2 Å². The van der Waals surface area contributed by atoms with Crippen molar-refractivity contribution in [2.45, 2.75) is 13.8 Å². The number of carbonyl (C=O) groups excluding carboxylic acids is 1. The predicted octanol–water partition coefficient (Wildman–Crippen LogP) is 3.38. The normalized spacial score (nSPS) is 17.5. The first kappa shape index (κ1) is 22.3. The van der Waals surface area contributed by atoms with Gasteiger partial charge in [-0.15, -0.1) is 0 Å². The number of nitrogens with one attached hydrogen (secondary N) is 1. The average molecular weight is 492 g/mol. The van der Waals surface area contributed by atoms with Gasteiger partial charge in [-0.25, -0.2) is 13.3 Å². The number of aliphatic imine (C=N–C) groups is 1. The second-order valence-corrected chi connectivity index (χ2v) is 10.2. The first-order valence-electron chi connectivity index (χ1n) is 9.24. The molecule has 1 aromatic carbocycles. The lowest BCUT2D eigenvalue weighted by Gasteiger charge is -2.23. The molecule has 2 aromatic rings. The Bertz CT molecular complexity index is 1390. The highest BCUT2D eigenvalue weighted by molar-refractivity contribution is 8.16. The van der Waals surface area contributed by atoms with Crippen LogP contribution in [0.25, 0.3) is 11.8 Å². The minimum Gasteiger partial charge on any atom is -0.495 e. The van der Waals surface area contributed by atoms with E-state index in [0.29, 0.717) is 16.3 Å². The maximum atomic E-state index is 12.6. The van der Waals surface area contributed by atoms with Crippen molar-refractivity contribution in [1.29, 1.82) is 5.41 Å². The summed E-state index contributed by atoms with van der Waals surface area (Å²) in [6.07, 6.45) is 2.54. The molecular weight excluding hydrogens is 474 g/mol. The van der Waals surface area contributed by atoms with Crippen LogP contribution in [0.4, 0.5) is 0 Å². The molecule has 166 valence electrons. The summed E-state index contributed by atoms with van der Waals surface area (Å²) in [7, 11) is -2.17. The van der Waals surface area contributed by atoms with E-state index in [-0.39, 0.29) is 21.7 Å². The van der Waals surface area contributed by atoms with E-state index in [9.17, 15) is 13.2 Å². The van der Waals surface area contributed by atoms with Crippen LogP contribution in [0, 0.1) is 19.3 Å². The van der Waals surface area contributed by atoms with Crippen molar-refractivity contribution in [3.8, 4) is 11.4 Å². The van der Waals surface area contributed by atoms with E-state index in [1.807, 2.05) is 30.5 Å². The molecule has 4 rings (SSSR count). The Labute approximate surface area is 194 Å². The molecule has 2 aliphatic rings. The number of aromatic nitrogens is 1. The molecule has 1 N–H and O–H groups in total. The number of hydrogen-bond acceptors (Lipinski definition) is 7. The smallest absolute Gasteiger partial charge is 0.283 e. The second-order valence-electron chi connectivity index (χ2n) is 7.16. The Kier molecular flexibility index (Phi) is 5.51. The summed E-state index contributed by atoms with van der Waals surface area (Å²) in [4.78, 5) is 17.6. The van der Waals surface area contributed by atoms with Gasteiger partial charge in [0.15, 0.2) is 0 Å². The molecule has 32 heavy (non-hydrogen) atoms. The van der Waals surface area contributed by atoms with E-state index in [0.717, 1.165) is 40.2 Å². The Balaban J connectivity index is 1.78. The van der Waals surface area contributed by atoms with E-state index in [1.54, 1.807) is 19.2 Å². The van der Waals surface area contributed by atoms with Gasteiger partial charge in [-0.2, -0.15) is 9.39 Å². The van der Waals surface area contributed by atoms with Crippen LogP contribution >= 0.6 is 23.5 Å². The van der Waals surface area contributed by atoms with Crippen molar-refractivity contribution in [3.63, 3.8) is 0 Å². The molecule has 0 aliphatic carbocycles. The third-order valence-electron chi connectivity index (χ3n) is 4.99. The molecule has 0 radical (unpaired) electrons. The zero-order valence-corrected chi connectivity index (χ0v) is 19.9. The molecule has 0 spiro atoms. The van der Waals surface area contributed by atoms with Gasteiger partial charge >= 0.3 is 0 Å². The van der Waals surface area contributed by atoms with Gasteiger partial charge in [0.05, 0.1) is 29.7 Å². The first-order valence-corrected chi connectivity index (χ1v) is 12.3. The minimum absolute atomic E-state index is 0.0272. The first-order chi connectivity index (χ1) is 15.0. The number of ether oxygens (including phenoxy) is 1. The van der Waals surface area contributed by atoms with E-state index in [1.165, 1.54) is 6.08 Å². The van der Waals surface area contributed by atoms with Crippen molar-refractivity contribution in [1.82, 2.24) is 9.47 Å².